The summed E-state index contributed by atoms with van der Waals surface area (Å²) < 4.78 is 0. The van der Waals surface area contributed by atoms with Crippen molar-refractivity contribution >= 4 is 29.3 Å². The topological polar surface area (TPSA) is 78.4 Å². The number of carboxylic acid groups (broad SMARTS) is 1. The second kappa shape index (κ2) is 6.80. The van der Waals surface area contributed by atoms with Crippen LogP contribution in [0.2, 0.25) is 5.02 Å². The molecule has 0 aliphatic rings. The fraction of sp³-hybridized carbons (Fsp3) is 0.467. The molecule has 0 radical (unpaired) electrons. The minimum absolute atomic E-state index is 0.133. The molecule has 1 rings (SSSR count). The van der Waals surface area contributed by atoms with Crippen molar-refractivity contribution in [3.63, 3.8) is 0 Å². The van der Waals surface area contributed by atoms with Gasteiger partial charge in [0, 0.05) is 16.8 Å². The van der Waals surface area contributed by atoms with Crippen LogP contribution in [-0.4, -0.2) is 23.1 Å². The number of halogens is 1. The van der Waals surface area contributed by atoms with Gasteiger partial charge in [-0.2, -0.15) is 0 Å². The molecular formula is C15H21ClN2O3. The molecule has 1 aromatic rings. The molecule has 1 unspecified atom stereocenters. The van der Waals surface area contributed by atoms with E-state index < -0.39 is 18.0 Å². The number of hydrogen-bond acceptors (Lipinski definition) is 2. The SMILES string of the molecule is Cc1c(Cl)cccc1NC(=O)NC(CC(=O)O)C(C)(C)C. The Morgan fingerprint density at radius 1 is 1.33 bits per heavy atom. The van der Waals surface area contributed by atoms with Gasteiger partial charge >= 0.3 is 12.0 Å². The summed E-state index contributed by atoms with van der Waals surface area (Å²) in [5.74, 6) is -0.950. The molecule has 0 saturated heterocycles. The predicted molar refractivity (Wildman–Crippen MR) is 83.8 cm³/mol. The second-order valence-electron chi connectivity index (χ2n) is 6.03. The van der Waals surface area contributed by atoms with Crippen LogP contribution in [0.15, 0.2) is 18.2 Å². The highest BCUT2D eigenvalue weighted by Crippen LogP contribution is 2.24. The number of carboxylic acids is 1. The zero-order valence-corrected chi connectivity index (χ0v) is 13.4. The molecule has 1 aromatic carbocycles. The highest BCUT2D eigenvalue weighted by Gasteiger charge is 2.28. The lowest BCUT2D eigenvalue weighted by atomic mass is 9.85. The van der Waals surface area contributed by atoms with E-state index in [2.05, 4.69) is 10.6 Å². The number of amides is 2. The lowest BCUT2D eigenvalue weighted by molar-refractivity contribution is -0.138. The standard InChI is InChI=1S/C15H21ClN2O3/c1-9-10(16)6-5-7-11(9)17-14(21)18-12(8-13(19)20)15(2,3)4/h5-7,12H,8H2,1-4H3,(H,19,20)(H2,17,18,21). The van der Waals surface area contributed by atoms with Gasteiger partial charge in [0.15, 0.2) is 0 Å². The van der Waals surface area contributed by atoms with Gasteiger partial charge in [-0.25, -0.2) is 4.79 Å². The lowest BCUT2D eigenvalue weighted by Crippen LogP contribution is -2.46. The van der Waals surface area contributed by atoms with Gasteiger partial charge in [0.25, 0.3) is 0 Å². The van der Waals surface area contributed by atoms with Crippen molar-refractivity contribution in [3.05, 3.63) is 28.8 Å². The highest BCUT2D eigenvalue weighted by molar-refractivity contribution is 6.31. The summed E-state index contributed by atoms with van der Waals surface area (Å²) >= 11 is 6.00. The number of aliphatic carboxylic acids is 1. The van der Waals surface area contributed by atoms with Crippen LogP contribution in [0.1, 0.15) is 32.8 Å². The summed E-state index contributed by atoms with van der Waals surface area (Å²) in [6.45, 7) is 7.44. The van der Waals surface area contributed by atoms with Crippen LogP contribution >= 0.6 is 11.6 Å². The maximum Gasteiger partial charge on any atom is 0.319 e. The van der Waals surface area contributed by atoms with Crippen molar-refractivity contribution < 1.29 is 14.7 Å². The van der Waals surface area contributed by atoms with Gasteiger partial charge in [0.1, 0.15) is 0 Å². The van der Waals surface area contributed by atoms with E-state index in [9.17, 15) is 9.59 Å². The van der Waals surface area contributed by atoms with Crippen molar-refractivity contribution in [3.8, 4) is 0 Å². The van der Waals surface area contributed by atoms with Crippen LogP contribution in [0.25, 0.3) is 0 Å². The number of carbonyl (C=O) groups excluding carboxylic acids is 1. The van der Waals surface area contributed by atoms with E-state index in [1.54, 1.807) is 25.1 Å². The highest BCUT2D eigenvalue weighted by atomic mass is 35.5. The van der Waals surface area contributed by atoms with Crippen LogP contribution in [0, 0.1) is 12.3 Å². The average Bonchev–Trinajstić information content (AvgIpc) is 2.32. The fourth-order valence-electron chi connectivity index (χ4n) is 1.81. The summed E-state index contributed by atoms with van der Waals surface area (Å²) in [6.07, 6.45) is -0.133. The molecule has 21 heavy (non-hydrogen) atoms. The Morgan fingerprint density at radius 3 is 2.48 bits per heavy atom. The predicted octanol–water partition coefficient (Wildman–Crippen LogP) is 3.66. The number of hydrogen-bond donors (Lipinski definition) is 3. The van der Waals surface area contributed by atoms with Crippen LogP contribution in [0.5, 0.6) is 0 Å². The minimum Gasteiger partial charge on any atom is -0.481 e. The minimum atomic E-state index is -0.950. The molecule has 5 nitrogen and oxygen atoms in total. The van der Waals surface area contributed by atoms with Crippen molar-refractivity contribution in [2.24, 2.45) is 5.41 Å². The Kier molecular flexibility index (Phi) is 5.61. The molecule has 0 saturated carbocycles. The van der Waals surface area contributed by atoms with E-state index in [0.717, 1.165) is 5.56 Å². The van der Waals surface area contributed by atoms with Crippen LogP contribution in [0.4, 0.5) is 10.5 Å². The van der Waals surface area contributed by atoms with Crippen LogP contribution in [-0.2, 0) is 4.79 Å². The van der Waals surface area contributed by atoms with E-state index in [1.165, 1.54) is 0 Å². The third-order valence-electron chi connectivity index (χ3n) is 3.25. The number of benzene rings is 1. The average molecular weight is 313 g/mol. The van der Waals surface area contributed by atoms with Crippen molar-refractivity contribution in [1.82, 2.24) is 5.32 Å². The first-order chi connectivity index (χ1) is 9.61. The molecule has 0 spiro atoms. The maximum atomic E-state index is 12.1. The maximum absolute atomic E-state index is 12.1. The molecule has 0 aliphatic carbocycles. The third-order valence-corrected chi connectivity index (χ3v) is 3.65. The zero-order chi connectivity index (χ0) is 16.2. The summed E-state index contributed by atoms with van der Waals surface area (Å²) in [4.78, 5) is 23.0. The van der Waals surface area contributed by atoms with E-state index in [0.29, 0.717) is 10.7 Å². The van der Waals surface area contributed by atoms with Crippen molar-refractivity contribution in [2.45, 2.75) is 40.2 Å². The first-order valence-electron chi connectivity index (χ1n) is 6.65. The Labute approximate surface area is 129 Å². The van der Waals surface area contributed by atoms with E-state index in [4.69, 9.17) is 16.7 Å². The van der Waals surface area contributed by atoms with Gasteiger partial charge in [-0.1, -0.05) is 38.4 Å². The summed E-state index contributed by atoms with van der Waals surface area (Å²) in [5, 5.41) is 14.9. The Morgan fingerprint density at radius 2 is 1.95 bits per heavy atom. The number of rotatable bonds is 4. The fourth-order valence-corrected chi connectivity index (χ4v) is 1.98. The second-order valence-corrected chi connectivity index (χ2v) is 6.43. The lowest BCUT2D eigenvalue weighted by Gasteiger charge is -2.30. The molecule has 3 N–H and O–H groups in total. The summed E-state index contributed by atoms with van der Waals surface area (Å²) in [7, 11) is 0. The number of anilines is 1. The molecule has 6 heteroatoms. The first-order valence-corrected chi connectivity index (χ1v) is 7.03. The van der Waals surface area contributed by atoms with E-state index in [-0.39, 0.29) is 11.8 Å². The van der Waals surface area contributed by atoms with Gasteiger partial charge in [-0.05, 0) is 30.0 Å². The van der Waals surface area contributed by atoms with Gasteiger partial charge in [0.2, 0.25) is 0 Å². The number of carbonyl (C=O) groups is 2. The summed E-state index contributed by atoms with van der Waals surface area (Å²) in [5.41, 5.74) is 1.00. The van der Waals surface area contributed by atoms with Gasteiger partial charge in [-0.15, -0.1) is 0 Å². The first kappa shape index (κ1) is 17.3. The van der Waals surface area contributed by atoms with E-state index in [1.807, 2.05) is 20.8 Å². The molecule has 116 valence electrons. The van der Waals surface area contributed by atoms with Gasteiger partial charge in [0.05, 0.1) is 6.42 Å². The zero-order valence-electron chi connectivity index (χ0n) is 12.7. The molecule has 0 heterocycles. The quantitative estimate of drug-likeness (QED) is 0.794. The molecular weight excluding hydrogens is 292 g/mol. The van der Waals surface area contributed by atoms with Crippen molar-refractivity contribution in [2.75, 3.05) is 5.32 Å². The Balaban J connectivity index is 2.79. The van der Waals surface area contributed by atoms with Crippen molar-refractivity contribution in [1.29, 1.82) is 0 Å². The molecule has 0 bridgehead atoms. The van der Waals surface area contributed by atoms with Crippen LogP contribution in [0.3, 0.4) is 0 Å². The Hall–Kier alpha value is -1.75. The molecule has 0 aromatic heterocycles. The van der Waals surface area contributed by atoms with Gasteiger partial charge < -0.3 is 15.7 Å². The molecule has 2 amide bonds. The number of urea groups is 1. The third kappa shape index (κ3) is 5.27. The molecule has 0 aliphatic heterocycles. The monoisotopic (exact) mass is 312 g/mol. The molecule has 0 fully saturated rings. The smallest absolute Gasteiger partial charge is 0.319 e. The van der Waals surface area contributed by atoms with Crippen LogP contribution < -0.4 is 10.6 Å². The van der Waals surface area contributed by atoms with Gasteiger partial charge in [-0.3, -0.25) is 4.79 Å². The Bertz CT molecular complexity index is 538. The number of nitrogens with one attached hydrogen (secondary N) is 2. The summed E-state index contributed by atoms with van der Waals surface area (Å²) in [6, 6.07) is 4.30. The molecule has 1 atom stereocenters. The van der Waals surface area contributed by atoms with E-state index >= 15 is 0 Å². The normalized spacial score (nSPS) is 12.6. The largest absolute Gasteiger partial charge is 0.481 e.